The summed E-state index contributed by atoms with van der Waals surface area (Å²) >= 11 is 1.07. The topological polar surface area (TPSA) is 37.3 Å². The first-order chi connectivity index (χ1) is 6.59. The zero-order valence-electron chi connectivity index (χ0n) is 7.17. The lowest BCUT2D eigenvalue weighted by Crippen LogP contribution is -1.99. The van der Waals surface area contributed by atoms with Crippen molar-refractivity contribution < 1.29 is 18.7 Å². The van der Waals surface area contributed by atoms with Crippen molar-refractivity contribution in [1.82, 2.24) is 0 Å². The van der Waals surface area contributed by atoms with Gasteiger partial charge in [0.05, 0.1) is 5.75 Å². The number of carbonyl (C=O) groups is 1. The molecule has 0 spiro atoms. The highest BCUT2D eigenvalue weighted by Gasteiger charge is 2.04. The van der Waals surface area contributed by atoms with Crippen molar-refractivity contribution in [3.63, 3.8) is 0 Å². The Balaban J connectivity index is 2.55. The monoisotopic (exact) mass is 218 g/mol. The normalized spacial score (nSPS) is 10.1. The second-order valence-electron chi connectivity index (χ2n) is 2.62. The maximum atomic E-state index is 13.0. The van der Waals surface area contributed by atoms with Gasteiger partial charge in [-0.05, 0) is 11.6 Å². The maximum absolute atomic E-state index is 13.0. The van der Waals surface area contributed by atoms with Crippen LogP contribution in [0.1, 0.15) is 5.56 Å². The van der Waals surface area contributed by atoms with Crippen molar-refractivity contribution in [2.75, 3.05) is 5.75 Å². The van der Waals surface area contributed by atoms with E-state index in [9.17, 15) is 13.6 Å². The largest absolute Gasteiger partial charge is 0.481 e. The number of carboxylic acids is 1. The molecule has 0 atom stereocenters. The van der Waals surface area contributed by atoms with Crippen LogP contribution in [0.3, 0.4) is 0 Å². The molecule has 0 unspecified atom stereocenters. The van der Waals surface area contributed by atoms with Crippen LogP contribution in [0.25, 0.3) is 0 Å². The lowest BCUT2D eigenvalue weighted by atomic mass is 10.2. The summed E-state index contributed by atoms with van der Waals surface area (Å²) in [5.74, 6) is -2.07. The van der Waals surface area contributed by atoms with Crippen LogP contribution in [0.15, 0.2) is 18.2 Å². The Morgan fingerprint density at radius 1 is 1.43 bits per heavy atom. The van der Waals surface area contributed by atoms with Crippen LogP contribution in [0, 0.1) is 11.6 Å². The average molecular weight is 218 g/mol. The highest BCUT2D eigenvalue weighted by Crippen LogP contribution is 2.16. The Bertz CT molecular complexity index is 342. The van der Waals surface area contributed by atoms with E-state index in [0.29, 0.717) is 5.56 Å². The first-order valence-corrected chi connectivity index (χ1v) is 4.98. The summed E-state index contributed by atoms with van der Waals surface area (Å²) in [7, 11) is 0. The number of aliphatic carboxylic acids is 1. The summed E-state index contributed by atoms with van der Waals surface area (Å²) in [5, 5.41) is 8.33. The second kappa shape index (κ2) is 4.95. The molecule has 14 heavy (non-hydrogen) atoms. The standard InChI is InChI=1S/C9H8F2O2S/c10-7-2-1-6(8(11)3-7)4-14-5-9(12)13/h1-3H,4-5H2,(H,12,13). The fourth-order valence-electron chi connectivity index (χ4n) is 0.887. The predicted octanol–water partition coefficient (Wildman–Crippen LogP) is 2.28. The van der Waals surface area contributed by atoms with Crippen molar-refractivity contribution >= 4 is 17.7 Å². The van der Waals surface area contributed by atoms with Gasteiger partial charge in [0, 0.05) is 11.8 Å². The van der Waals surface area contributed by atoms with Gasteiger partial charge in [-0.3, -0.25) is 4.79 Å². The first kappa shape index (κ1) is 11.0. The molecule has 0 saturated carbocycles. The van der Waals surface area contributed by atoms with E-state index in [1.807, 2.05) is 0 Å². The van der Waals surface area contributed by atoms with E-state index in [-0.39, 0.29) is 11.5 Å². The molecule has 2 nitrogen and oxygen atoms in total. The fraction of sp³-hybridized carbons (Fsp3) is 0.222. The highest BCUT2D eigenvalue weighted by molar-refractivity contribution is 7.99. The highest BCUT2D eigenvalue weighted by atomic mass is 32.2. The quantitative estimate of drug-likeness (QED) is 0.842. The molecule has 0 aliphatic heterocycles. The number of hydrogen-bond acceptors (Lipinski definition) is 2. The van der Waals surface area contributed by atoms with E-state index >= 15 is 0 Å². The van der Waals surface area contributed by atoms with Gasteiger partial charge in [-0.25, -0.2) is 8.78 Å². The van der Waals surface area contributed by atoms with E-state index in [0.717, 1.165) is 23.9 Å². The smallest absolute Gasteiger partial charge is 0.313 e. The number of halogens is 2. The van der Waals surface area contributed by atoms with E-state index < -0.39 is 17.6 Å². The minimum absolute atomic E-state index is 0.0865. The van der Waals surface area contributed by atoms with Crippen LogP contribution < -0.4 is 0 Å². The molecule has 0 aromatic heterocycles. The van der Waals surface area contributed by atoms with Gasteiger partial charge in [-0.1, -0.05) is 6.07 Å². The van der Waals surface area contributed by atoms with Gasteiger partial charge >= 0.3 is 5.97 Å². The maximum Gasteiger partial charge on any atom is 0.313 e. The van der Waals surface area contributed by atoms with Crippen molar-refractivity contribution in [2.24, 2.45) is 0 Å². The molecule has 5 heteroatoms. The lowest BCUT2D eigenvalue weighted by molar-refractivity contribution is -0.133. The Morgan fingerprint density at radius 2 is 2.14 bits per heavy atom. The molecule has 0 heterocycles. The van der Waals surface area contributed by atoms with Gasteiger partial charge in [0.2, 0.25) is 0 Å². The van der Waals surface area contributed by atoms with Gasteiger partial charge in [0.1, 0.15) is 11.6 Å². The van der Waals surface area contributed by atoms with Crippen molar-refractivity contribution in [3.05, 3.63) is 35.4 Å². The zero-order valence-corrected chi connectivity index (χ0v) is 7.98. The second-order valence-corrected chi connectivity index (χ2v) is 3.61. The Kier molecular flexibility index (Phi) is 3.88. The minimum atomic E-state index is -0.947. The van der Waals surface area contributed by atoms with Crippen LogP contribution >= 0.6 is 11.8 Å². The minimum Gasteiger partial charge on any atom is -0.481 e. The average Bonchev–Trinajstić information content (AvgIpc) is 2.08. The fourth-order valence-corrected chi connectivity index (χ4v) is 1.62. The number of benzene rings is 1. The SMILES string of the molecule is O=C(O)CSCc1ccc(F)cc1F. The molecule has 0 aliphatic carbocycles. The lowest BCUT2D eigenvalue weighted by Gasteiger charge is -2.01. The van der Waals surface area contributed by atoms with Gasteiger partial charge < -0.3 is 5.11 Å². The number of thioether (sulfide) groups is 1. The van der Waals surface area contributed by atoms with Gasteiger partial charge in [0.15, 0.2) is 0 Å². The number of carboxylic acid groups (broad SMARTS) is 1. The zero-order chi connectivity index (χ0) is 10.6. The van der Waals surface area contributed by atoms with Crippen LogP contribution in [0.5, 0.6) is 0 Å². The summed E-state index contributed by atoms with van der Waals surface area (Å²) in [6.45, 7) is 0. The van der Waals surface area contributed by atoms with Crippen LogP contribution in [-0.4, -0.2) is 16.8 Å². The van der Waals surface area contributed by atoms with E-state index in [1.165, 1.54) is 6.07 Å². The van der Waals surface area contributed by atoms with Crippen LogP contribution in [0.4, 0.5) is 8.78 Å². The third kappa shape index (κ3) is 3.33. The van der Waals surface area contributed by atoms with E-state index in [4.69, 9.17) is 5.11 Å². The third-order valence-electron chi connectivity index (χ3n) is 1.50. The molecule has 0 amide bonds. The van der Waals surface area contributed by atoms with Gasteiger partial charge in [0.25, 0.3) is 0 Å². The van der Waals surface area contributed by atoms with Crippen LogP contribution in [-0.2, 0) is 10.5 Å². The Morgan fingerprint density at radius 3 is 2.71 bits per heavy atom. The molecule has 0 saturated heterocycles. The summed E-state index contributed by atoms with van der Waals surface area (Å²) < 4.78 is 25.4. The molecule has 0 fully saturated rings. The van der Waals surface area contributed by atoms with Crippen LogP contribution in [0.2, 0.25) is 0 Å². The molecular formula is C9H8F2O2S. The summed E-state index contributed by atoms with van der Waals surface area (Å²) in [6.07, 6.45) is 0. The van der Waals surface area contributed by atoms with Crippen molar-refractivity contribution in [3.8, 4) is 0 Å². The molecule has 1 aromatic carbocycles. The van der Waals surface area contributed by atoms with Crippen molar-refractivity contribution in [1.29, 1.82) is 0 Å². The summed E-state index contributed by atoms with van der Waals surface area (Å²) in [6, 6.07) is 3.26. The van der Waals surface area contributed by atoms with E-state index in [1.54, 1.807) is 0 Å². The number of rotatable bonds is 4. The Hall–Kier alpha value is -1.10. The molecular weight excluding hydrogens is 210 g/mol. The third-order valence-corrected chi connectivity index (χ3v) is 2.46. The molecule has 0 bridgehead atoms. The molecule has 1 N–H and O–H groups in total. The molecule has 1 rings (SSSR count). The Labute approximate surface area is 83.9 Å². The number of hydrogen-bond donors (Lipinski definition) is 1. The van der Waals surface area contributed by atoms with Crippen molar-refractivity contribution in [2.45, 2.75) is 5.75 Å². The molecule has 0 radical (unpaired) electrons. The first-order valence-electron chi connectivity index (χ1n) is 3.83. The molecule has 76 valence electrons. The predicted molar refractivity (Wildman–Crippen MR) is 50.2 cm³/mol. The molecule has 1 aromatic rings. The summed E-state index contributed by atoms with van der Waals surface area (Å²) in [5.41, 5.74) is 0.317. The molecule has 0 aliphatic rings. The summed E-state index contributed by atoms with van der Waals surface area (Å²) in [4.78, 5) is 10.2. The van der Waals surface area contributed by atoms with Gasteiger partial charge in [-0.15, -0.1) is 11.8 Å². The van der Waals surface area contributed by atoms with E-state index in [2.05, 4.69) is 0 Å². The van der Waals surface area contributed by atoms with Gasteiger partial charge in [-0.2, -0.15) is 0 Å².